The summed E-state index contributed by atoms with van der Waals surface area (Å²) in [4.78, 5) is 7.50. The maximum atomic E-state index is 5.89. The van der Waals surface area contributed by atoms with Gasteiger partial charge >= 0.3 is 0 Å². The second-order valence-electron chi connectivity index (χ2n) is 10.2. The first kappa shape index (κ1) is 30.5. The Morgan fingerprint density at radius 3 is 1.26 bits per heavy atom. The van der Waals surface area contributed by atoms with Gasteiger partial charge in [-0.2, -0.15) is 0 Å². The third-order valence-corrected chi connectivity index (χ3v) is 8.76. The summed E-state index contributed by atoms with van der Waals surface area (Å²) in [5.41, 5.74) is 2.36. The van der Waals surface area contributed by atoms with Crippen LogP contribution in [-0.2, 0) is 13.2 Å². The molecular formula is C34H40N4O2S2. The zero-order valence-corrected chi connectivity index (χ0v) is 25.6. The van der Waals surface area contributed by atoms with Crippen LogP contribution in [0.2, 0.25) is 0 Å². The number of hydrogen-bond acceptors (Lipinski definition) is 8. The second-order valence-corrected chi connectivity index (χ2v) is 12.1. The molecule has 1 heterocycles. The lowest BCUT2D eigenvalue weighted by molar-refractivity contribution is 0.136. The van der Waals surface area contributed by atoms with Gasteiger partial charge in [0.25, 0.3) is 0 Å². The molecular weight excluding hydrogens is 561 g/mol. The molecule has 0 spiro atoms. The predicted octanol–water partition coefficient (Wildman–Crippen LogP) is 6.36. The Hall–Kier alpha value is -2.98. The molecule has 0 saturated carbocycles. The van der Waals surface area contributed by atoms with Crippen molar-refractivity contribution in [1.29, 1.82) is 0 Å². The molecule has 0 amide bonds. The lowest BCUT2D eigenvalue weighted by Gasteiger charge is -2.34. The minimum Gasteiger partial charge on any atom is -0.489 e. The third-order valence-electron chi connectivity index (χ3n) is 7.05. The molecule has 0 unspecified atom stereocenters. The van der Waals surface area contributed by atoms with Gasteiger partial charge in [-0.1, -0.05) is 60.7 Å². The fraction of sp³-hybridized carbons (Fsp3) is 0.294. The normalized spacial score (nSPS) is 14.1. The maximum absolute atomic E-state index is 5.89. The molecule has 4 aromatic carbocycles. The van der Waals surface area contributed by atoms with Gasteiger partial charge in [-0.05, 0) is 83.6 Å². The van der Waals surface area contributed by atoms with Crippen LogP contribution < -0.4 is 18.9 Å². The summed E-state index contributed by atoms with van der Waals surface area (Å²) in [6, 6.07) is 37.1. The van der Waals surface area contributed by atoms with Crippen molar-refractivity contribution in [3.8, 4) is 11.5 Å². The fourth-order valence-electron chi connectivity index (χ4n) is 4.60. The molecule has 220 valence electrons. The molecule has 1 fully saturated rings. The van der Waals surface area contributed by atoms with Gasteiger partial charge in [0, 0.05) is 62.1 Å². The molecule has 0 radical (unpaired) electrons. The van der Waals surface area contributed by atoms with E-state index in [1.165, 1.54) is 20.9 Å². The van der Waals surface area contributed by atoms with E-state index in [9.17, 15) is 0 Å². The van der Waals surface area contributed by atoms with Gasteiger partial charge in [0.1, 0.15) is 24.7 Å². The van der Waals surface area contributed by atoms with Gasteiger partial charge in [-0.3, -0.25) is 19.2 Å². The fourth-order valence-corrected chi connectivity index (χ4v) is 5.87. The largest absolute Gasteiger partial charge is 0.489 e. The first-order valence-corrected chi connectivity index (χ1v) is 16.2. The monoisotopic (exact) mass is 600 g/mol. The summed E-state index contributed by atoms with van der Waals surface area (Å²) in [5.74, 6) is 1.79. The van der Waals surface area contributed by atoms with Crippen LogP contribution in [0.3, 0.4) is 0 Å². The van der Waals surface area contributed by atoms with Gasteiger partial charge in [0.2, 0.25) is 0 Å². The van der Waals surface area contributed by atoms with Crippen LogP contribution in [0.25, 0.3) is 0 Å². The average molecular weight is 601 g/mol. The number of nitrogens with one attached hydrogen (secondary N) is 2. The average Bonchev–Trinajstić information content (AvgIpc) is 3.06. The predicted molar refractivity (Wildman–Crippen MR) is 175 cm³/mol. The SMILES string of the molecule is c1ccc(COc2ccc(SNCCN3CCN(CCNSc4ccc(OCc5ccccc5)cc4)CC3)cc2)cc1. The smallest absolute Gasteiger partial charge is 0.119 e. The number of rotatable bonds is 16. The lowest BCUT2D eigenvalue weighted by atomic mass is 10.2. The van der Waals surface area contributed by atoms with E-state index < -0.39 is 0 Å². The molecule has 0 atom stereocenters. The third kappa shape index (κ3) is 10.7. The summed E-state index contributed by atoms with van der Waals surface area (Å²) < 4.78 is 18.8. The van der Waals surface area contributed by atoms with Crippen molar-refractivity contribution < 1.29 is 9.47 Å². The van der Waals surface area contributed by atoms with Crippen LogP contribution in [0, 0.1) is 0 Å². The van der Waals surface area contributed by atoms with Gasteiger partial charge < -0.3 is 9.47 Å². The Bertz CT molecular complexity index is 1180. The van der Waals surface area contributed by atoms with Crippen molar-refractivity contribution >= 4 is 23.9 Å². The van der Waals surface area contributed by atoms with Crippen LogP contribution in [0.1, 0.15) is 11.1 Å². The molecule has 1 aliphatic heterocycles. The van der Waals surface area contributed by atoms with E-state index >= 15 is 0 Å². The lowest BCUT2D eigenvalue weighted by Crippen LogP contribution is -2.48. The number of piperazine rings is 1. The highest BCUT2D eigenvalue weighted by atomic mass is 32.2. The number of nitrogens with zero attached hydrogens (tertiary/aromatic N) is 2. The molecule has 8 heteroatoms. The number of benzene rings is 4. The quantitative estimate of drug-likeness (QED) is 0.114. The molecule has 1 aliphatic rings. The van der Waals surface area contributed by atoms with Crippen LogP contribution in [-0.4, -0.2) is 62.2 Å². The maximum Gasteiger partial charge on any atom is 0.119 e. The highest BCUT2D eigenvalue weighted by Gasteiger charge is 2.16. The Kier molecular flexibility index (Phi) is 12.5. The zero-order valence-electron chi connectivity index (χ0n) is 24.0. The Morgan fingerprint density at radius 1 is 0.500 bits per heavy atom. The molecule has 6 nitrogen and oxygen atoms in total. The van der Waals surface area contributed by atoms with E-state index in [1.54, 1.807) is 23.9 Å². The molecule has 42 heavy (non-hydrogen) atoms. The summed E-state index contributed by atoms with van der Waals surface area (Å²) in [6.45, 7) is 9.74. The van der Waals surface area contributed by atoms with Crippen molar-refractivity contribution in [3.63, 3.8) is 0 Å². The van der Waals surface area contributed by atoms with E-state index in [-0.39, 0.29) is 0 Å². The van der Waals surface area contributed by atoms with Crippen molar-refractivity contribution in [2.75, 3.05) is 52.4 Å². The van der Waals surface area contributed by atoms with Crippen LogP contribution >= 0.6 is 23.9 Å². The Balaban J connectivity index is 0.879. The summed E-state index contributed by atoms with van der Waals surface area (Å²) >= 11 is 3.37. The molecule has 0 bridgehead atoms. The molecule has 1 saturated heterocycles. The van der Waals surface area contributed by atoms with Crippen LogP contribution in [0.15, 0.2) is 119 Å². The van der Waals surface area contributed by atoms with Gasteiger partial charge in [-0.25, -0.2) is 0 Å². The minimum absolute atomic E-state index is 0.592. The molecule has 0 aliphatic carbocycles. The van der Waals surface area contributed by atoms with E-state index in [1.807, 2.05) is 60.7 Å². The van der Waals surface area contributed by atoms with Crippen molar-refractivity contribution in [2.24, 2.45) is 0 Å². The topological polar surface area (TPSA) is 49.0 Å². The van der Waals surface area contributed by atoms with E-state index in [0.29, 0.717) is 13.2 Å². The first-order valence-electron chi connectivity index (χ1n) is 14.6. The first-order chi connectivity index (χ1) is 20.8. The summed E-state index contributed by atoms with van der Waals surface area (Å²) in [5, 5.41) is 0. The van der Waals surface area contributed by atoms with E-state index in [4.69, 9.17) is 9.47 Å². The Labute approximate surface area is 259 Å². The van der Waals surface area contributed by atoms with Gasteiger partial charge in [-0.15, -0.1) is 0 Å². The highest BCUT2D eigenvalue weighted by Crippen LogP contribution is 2.21. The van der Waals surface area contributed by atoms with Crippen molar-refractivity contribution in [3.05, 3.63) is 120 Å². The van der Waals surface area contributed by atoms with Gasteiger partial charge in [0.05, 0.1) is 0 Å². The number of ether oxygens (including phenoxy) is 2. The standard InChI is InChI=1S/C34H40N4O2S2/c1-3-7-29(8-4-1)27-39-31-11-15-33(16-12-31)41-35-19-21-37-23-25-38(26-24-37)22-20-36-42-34-17-13-32(14-18-34)40-28-30-9-5-2-6-10-30/h1-18,35-36H,19-28H2. The van der Waals surface area contributed by atoms with Crippen LogP contribution in [0.4, 0.5) is 0 Å². The second kappa shape index (κ2) is 17.2. The van der Waals surface area contributed by atoms with Gasteiger partial charge in [0.15, 0.2) is 0 Å². The van der Waals surface area contributed by atoms with Crippen molar-refractivity contribution in [2.45, 2.75) is 23.0 Å². The zero-order chi connectivity index (χ0) is 28.7. The van der Waals surface area contributed by atoms with E-state index in [0.717, 1.165) is 63.9 Å². The highest BCUT2D eigenvalue weighted by molar-refractivity contribution is 7.97. The summed E-state index contributed by atoms with van der Waals surface area (Å²) in [6.07, 6.45) is 0. The van der Waals surface area contributed by atoms with Crippen molar-refractivity contribution in [1.82, 2.24) is 19.2 Å². The molecule has 5 rings (SSSR count). The molecule has 4 aromatic rings. The van der Waals surface area contributed by atoms with Crippen LogP contribution in [0.5, 0.6) is 11.5 Å². The summed E-state index contributed by atoms with van der Waals surface area (Å²) in [7, 11) is 0. The minimum atomic E-state index is 0.592. The molecule has 0 aromatic heterocycles. The molecule has 2 N–H and O–H groups in total. The Morgan fingerprint density at radius 2 is 0.881 bits per heavy atom. The number of hydrogen-bond donors (Lipinski definition) is 2. The van der Waals surface area contributed by atoms with E-state index in [2.05, 4.69) is 67.8 Å².